The highest BCUT2D eigenvalue weighted by molar-refractivity contribution is 5.73. The number of amides is 2. The summed E-state index contributed by atoms with van der Waals surface area (Å²) in [5, 5.41) is 6.08. The van der Waals surface area contributed by atoms with Crippen molar-refractivity contribution in [2.45, 2.75) is 19.4 Å². The van der Waals surface area contributed by atoms with Crippen LogP contribution in [-0.2, 0) is 0 Å². The highest BCUT2D eigenvalue weighted by atomic mass is 19.1. The molecule has 1 rings (SSSR count). The molecule has 1 unspecified atom stereocenters. The van der Waals surface area contributed by atoms with Crippen LogP contribution < -0.4 is 10.6 Å². The predicted octanol–water partition coefficient (Wildman–Crippen LogP) is 2.14. The van der Waals surface area contributed by atoms with Crippen molar-refractivity contribution in [2.24, 2.45) is 0 Å². The summed E-state index contributed by atoms with van der Waals surface area (Å²) in [5.41, 5.74) is 0.932. The van der Waals surface area contributed by atoms with E-state index in [0.29, 0.717) is 13.1 Å². The summed E-state index contributed by atoms with van der Waals surface area (Å²) in [7, 11) is 3.40. The highest BCUT2D eigenvalue weighted by Crippen LogP contribution is 2.16. The van der Waals surface area contributed by atoms with E-state index in [1.165, 1.54) is 11.0 Å². The van der Waals surface area contributed by atoms with Gasteiger partial charge in [-0.1, -0.05) is 19.1 Å². The van der Waals surface area contributed by atoms with Crippen LogP contribution in [0.1, 0.15) is 24.9 Å². The molecule has 0 fully saturated rings. The number of halogens is 1. The lowest BCUT2D eigenvalue weighted by molar-refractivity contribution is 0.217. The first kappa shape index (κ1) is 15.4. The molecule has 0 aliphatic heterocycles. The molecule has 5 heteroatoms. The molecule has 0 aromatic heterocycles. The molecule has 0 heterocycles. The summed E-state index contributed by atoms with van der Waals surface area (Å²) in [6, 6.07) is 6.59. The molecule has 0 aliphatic rings. The topological polar surface area (TPSA) is 44.4 Å². The summed E-state index contributed by atoms with van der Waals surface area (Å²) in [5.74, 6) is -0.223. The normalized spacial score (nSPS) is 12.0. The van der Waals surface area contributed by atoms with Gasteiger partial charge < -0.3 is 15.5 Å². The zero-order chi connectivity index (χ0) is 14.3. The molecule has 0 saturated heterocycles. The van der Waals surface area contributed by atoms with Gasteiger partial charge in [0.1, 0.15) is 5.82 Å². The average molecular weight is 267 g/mol. The molecule has 1 atom stereocenters. The number of carbonyl (C=O) groups is 1. The van der Waals surface area contributed by atoms with Crippen LogP contribution in [-0.4, -0.2) is 38.1 Å². The largest absolute Gasteiger partial charge is 0.337 e. The van der Waals surface area contributed by atoms with Gasteiger partial charge in [-0.15, -0.1) is 0 Å². The summed E-state index contributed by atoms with van der Waals surface area (Å²) >= 11 is 0. The van der Waals surface area contributed by atoms with Gasteiger partial charge in [-0.3, -0.25) is 0 Å². The molecule has 2 N–H and O–H groups in total. The van der Waals surface area contributed by atoms with Gasteiger partial charge in [0.15, 0.2) is 0 Å². The Morgan fingerprint density at radius 3 is 2.68 bits per heavy atom. The number of hydrogen-bond donors (Lipinski definition) is 2. The summed E-state index contributed by atoms with van der Waals surface area (Å²) < 4.78 is 13.2. The van der Waals surface area contributed by atoms with E-state index in [-0.39, 0.29) is 17.9 Å². The monoisotopic (exact) mass is 267 g/mol. The van der Waals surface area contributed by atoms with Crippen molar-refractivity contribution < 1.29 is 9.18 Å². The van der Waals surface area contributed by atoms with E-state index in [2.05, 4.69) is 10.6 Å². The molecule has 0 bridgehead atoms. The maximum absolute atomic E-state index is 13.2. The van der Waals surface area contributed by atoms with Crippen LogP contribution in [0.15, 0.2) is 24.3 Å². The van der Waals surface area contributed by atoms with E-state index >= 15 is 0 Å². The van der Waals surface area contributed by atoms with E-state index < -0.39 is 0 Å². The van der Waals surface area contributed by atoms with Crippen molar-refractivity contribution in [3.05, 3.63) is 35.6 Å². The summed E-state index contributed by atoms with van der Waals surface area (Å²) in [6.07, 6.45) is 0.866. The van der Waals surface area contributed by atoms with Gasteiger partial charge in [-0.2, -0.15) is 0 Å². The molecule has 4 nitrogen and oxygen atoms in total. The minimum absolute atomic E-state index is 0.104. The third kappa shape index (κ3) is 5.26. The second-order valence-corrected chi connectivity index (χ2v) is 4.60. The zero-order valence-electron chi connectivity index (χ0n) is 11.7. The van der Waals surface area contributed by atoms with Crippen molar-refractivity contribution in [2.75, 3.05) is 27.2 Å². The Morgan fingerprint density at radius 2 is 2.11 bits per heavy atom. The lowest BCUT2D eigenvalue weighted by Gasteiger charge is -2.18. The Bertz CT molecular complexity index is 409. The van der Waals surface area contributed by atoms with Crippen molar-refractivity contribution in [3.63, 3.8) is 0 Å². The maximum atomic E-state index is 13.2. The fourth-order valence-corrected chi connectivity index (χ4v) is 1.80. The Labute approximate surface area is 114 Å². The minimum Gasteiger partial charge on any atom is -0.337 e. The Balaban J connectivity index is 2.39. The zero-order valence-corrected chi connectivity index (χ0v) is 11.7. The number of hydrogen-bond acceptors (Lipinski definition) is 2. The summed E-state index contributed by atoms with van der Waals surface area (Å²) in [6.45, 7) is 3.23. The van der Waals surface area contributed by atoms with Crippen LogP contribution in [0.5, 0.6) is 0 Å². The smallest absolute Gasteiger partial charge is 0.316 e. The Kier molecular flexibility index (Phi) is 6.29. The molecule has 106 valence electrons. The van der Waals surface area contributed by atoms with Gasteiger partial charge in [0.05, 0.1) is 0 Å². The van der Waals surface area contributed by atoms with Crippen LogP contribution in [0, 0.1) is 5.82 Å². The second kappa shape index (κ2) is 7.74. The first-order valence-electron chi connectivity index (χ1n) is 6.48. The number of carbonyl (C=O) groups excluding carboxylic acids is 1. The fraction of sp³-hybridized carbons (Fsp3) is 0.500. The molecular formula is C14H22FN3O. The van der Waals surface area contributed by atoms with E-state index in [0.717, 1.165) is 12.0 Å². The standard InChI is InChI=1S/C14H22FN3O/c1-4-13(11-6-5-7-12(15)10-11)16-8-9-17-14(19)18(2)3/h5-7,10,13,16H,4,8-9H2,1-3H3,(H,17,19). The number of nitrogens with one attached hydrogen (secondary N) is 2. The number of nitrogens with zero attached hydrogens (tertiary/aromatic N) is 1. The Morgan fingerprint density at radius 1 is 1.37 bits per heavy atom. The third-order valence-corrected chi connectivity index (χ3v) is 2.86. The lowest BCUT2D eigenvalue weighted by atomic mass is 10.0. The second-order valence-electron chi connectivity index (χ2n) is 4.60. The van der Waals surface area contributed by atoms with Crippen LogP contribution >= 0.6 is 0 Å². The molecular weight excluding hydrogens is 245 g/mol. The van der Waals surface area contributed by atoms with E-state index in [9.17, 15) is 9.18 Å². The van der Waals surface area contributed by atoms with E-state index in [1.54, 1.807) is 26.2 Å². The number of urea groups is 1. The molecule has 0 saturated carbocycles. The molecule has 2 amide bonds. The number of benzene rings is 1. The van der Waals surface area contributed by atoms with Gasteiger partial charge in [0, 0.05) is 33.2 Å². The lowest BCUT2D eigenvalue weighted by Crippen LogP contribution is -2.39. The maximum Gasteiger partial charge on any atom is 0.316 e. The van der Waals surface area contributed by atoms with Crippen molar-refractivity contribution in [1.82, 2.24) is 15.5 Å². The molecule has 0 aliphatic carbocycles. The van der Waals surface area contributed by atoms with Gasteiger partial charge in [0.2, 0.25) is 0 Å². The van der Waals surface area contributed by atoms with E-state index in [1.807, 2.05) is 13.0 Å². The van der Waals surface area contributed by atoms with Crippen molar-refractivity contribution >= 4 is 6.03 Å². The third-order valence-electron chi connectivity index (χ3n) is 2.86. The van der Waals surface area contributed by atoms with Crippen LogP contribution in [0.3, 0.4) is 0 Å². The van der Waals surface area contributed by atoms with Gasteiger partial charge in [0.25, 0.3) is 0 Å². The van der Waals surface area contributed by atoms with Crippen molar-refractivity contribution in [1.29, 1.82) is 0 Å². The molecule has 0 radical (unpaired) electrons. The first-order chi connectivity index (χ1) is 9.04. The molecule has 1 aromatic carbocycles. The quantitative estimate of drug-likeness (QED) is 0.776. The SMILES string of the molecule is CCC(NCCNC(=O)N(C)C)c1cccc(F)c1. The molecule has 19 heavy (non-hydrogen) atoms. The highest BCUT2D eigenvalue weighted by Gasteiger charge is 2.09. The number of rotatable bonds is 6. The van der Waals surface area contributed by atoms with Crippen LogP contribution in [0.4, 0.5) is 9.18 Å². The van der Waals surface area contributed by atoms with Crippen LogP contribution in [0.25, 0.3) is 0 Å². The summed E-state index contributed by atoms with van der Waals surface area (Å²) in [4.78, 5) is 12.8. The van der Waals surface area contributed by atoms with E-state index in [4.69, 9.17) is 0 Å². The minimum atomic E-state index is -0.223. The van der Waals surface area contributed by atoms with Gasteiger partial charge >= 0.3 is 6.03 Å². The predicted molar refractivity (Wildman–Crippen MR) is 74.5 cm³/mol. The van der Waals surface area contributed by atoms with Crippen LogP contribution in [0.2, 0.25) is 0 Å². The first-order valence-corrected chi connectivity index (χ1v) is 6.48. The van der Waals surface area contributed by atoms with Crippen molar-refractivity contribution in [3.8, 4) is 0 Å². The van der Waals surface area contributed by atoms with Gasteiger partial charge in [-0.05, 0) is 24.1 Å². The Hall–Kier alpha value is -1.62. The molecule has 1 aromatic rings. The fourth-order valence-electron chi connectivity index (χ4n) is 1.80. The van der Waals surface area contributed by atoms with Gasteiger partial charge in [-0.25, -0.2) is 9.18 Å². The average Bonchev–Trinajstić information content (AvgIpc) is 2.38. The molecule has 0 spiro atoms.